The van der Waals surface area contributed by atoms with Gasteiger partial charge in [-0.15, -0.1) is 0 Å². The summed E-state index contributed by atoms with van der Waals surface area (Å²) in [5, 5.41) is 5.44. The van der Waals surface area contributed by atoms with Gasteiger partial charge in [0.1, 0.15) is 25.6 Å². The van der Waals surface area contributed by atoms with Crippen LogP contribution in [0.3, 0.4) is 0 Å². The topological polar surface area (TPSA) is 123 Å². The number of nitrogens with zero attached hydrogens (tertiary/aromatic N) is 1. The van der Waals surface area contributed by atoms with E-state index in [4.69, 9.17) is 14.2 Å². The van der Waals surface area contributed by atoms with Gasteiger partial charge < -0.3 is 24.8 Å². The number of ether oxygens (including phenoxy) is 3. The number of halogens is 1. The highest BCUT2D eigenvalue weighted by Crippen LogP contribution is 2.34. The van der Waals surface area contributed by atoms with E-state index in [2.05, 4.69) is 10.6 Å². The van der Waals surface area contributed by atoms with Gasteiger partial charge in [0.25, 0.3) is 15.9 Å². The minimum absolute atomic E-state index is 0.0485. The fourth-order valence-electron chi connectivity index (χ4n) is 4.48. The molecular weight excluding hydrogens is 541 g/mol. The van der Waals surface area contributed by atoms with Gasteiger partial charge in [0.15, 0.2) is 11.5 Å². The molecule has 2 N–H and O–H groups in total. The molecule has 210 valence electrons. The average Bonchev–Trinajstić information content (AvgIpc) is 3.48. The lowest BCUT2D eigenvalue weighted by atomic mass is 10.1. The normalized spacial score (nSPS) is 16.3. The van der Waals surface area contributed by atoms with E-state index < -0.39 is 34.2 Å². The molecule has 3 aromatic carbocycles. The van der Waals surface area contributed by atoms with Gasteiger partial charge >= 0.3 is 0 Å². The first kappa shape index (κ1) is 27.4. The molecule has 40 heavy (non-hydrogen) atoms. The van der Waals surface area contributed by atoms with Crippen molar-refractivity contribution in [1.29, 1.82) is 0 Å². The van der Waals surface area contributed by atoms with Crippen LogP contribution in [0.1, 0.15) is 23.2 Å². The highest BCUT2D eigenvalue weighted by Gasteiger charge is 2.30. The number of carbonyl (C=O) groups excluding carboxylic acids is 2. The van der Waals surface area contributed by atoms with Crippen molar-refractivity contribution in [2.24, 2.45) is 0 Å². The summed E-state index contributed by atoms with van der Waals surface area (Å²) >= 11 is 0. The number of sulfonamides is 1. The van der Waals surface area contributed by atoms with Crippen molar-refractivity contribution in [3.05, 3.63) is 78.1 Å². The highest BCUT2D eigenvalue weighted by atomic mass is 32.2. The molecule has 1 unspecified atom stereocenters. The van der Waals surface area contributed by atoms with Crippen LogP contribution in [0, 0.1) is 5.82 Å². The SMILES string of the molecule is O=C(CN(c1cccc(F)c1)S(=O)(=O)c1ccc2c(c1)OCCO2)Nc1ccccc1C(=O)NCC1CCCO1. The van der Waals surface area contributed by atoms with Gasteiger partial charge in [0, 0.05) is 19.2 Å². The van der Waals surface area contributed by atoms with Crippen molar-refractivity contribution >= 4 is 33.2 Å². The second-order valence-corrected chi connectivity index (χ2v) is 11.1. The van der Waals surface area contributed by atoms with Crippen LogP contribution in [0.5, 0.6) is 11.5 Å². The Hall–Kier alpha value is -4.16. The summed E-state index contributed by atoms with van der Waals surface area (Å²) in [6.45, 7) is 0.897. The van der Waals surface area contributed by atoms with Gasteiger partial charge in [-0.05, 0) is 55.3 Å². The van der Waals surface area contributed by atoms with E-state index in [-0.39, 0.29) is 40.3 Å². The zero-order valence-corrected chi connectivity index (χ0v) is 22.3. The van der Waals surface area contributed by atoms with Crippen molar-refractivity contribution in [1.82, 2.24) is 5.32 Å². The first-order valence-corrected chi connectivity index (χ1v) is 14.2. The second kappa shape index (κ2) is 11.9. The van der Waals surface area contributed by atoms with E-state index >= 15 is 0 Å². The molecule has 0 aliphatic carbocycles. The molecule has 5 rings (SSSR count). The Labute approximate surface area is 231 Å². The van der Waals surface area contributed by atoms with Crippen molar-refractivity contribution in [3.8, 4) is 11.5 Å². The summed E-state index contributed by atoms with van der Waals surface area (Å²) in [5.41, 5.74) is 0.363. The van der Waals surface area contributed by atoms with Crippen molar-refractivity contribution in [2.45, 2.75) is 23.8 Å². The average molecular weight is 570 g/mol. The molecule has 1 saturated heterocycles. The zero-order valence-electron chi connectivity index (χ0n) is 21.5. The number of para-hydroxylation sites is 1. The lowest BCUT2D eigenvalue weighted by Crippen LogP contribution is -2.38. The van der Waals surface area contributed by atoms with E-state index in [1.54, 1.807) is 24.3 Å². The van der Waals surface area contributed by atoms with Gasteiger partial charge in [-0.25, -0.2) is 12.8 Å². The first-order chi connectivity index (χ1) is 19.3. The molecule has 1 atom stereocenters. The Morgan fingerprint density at radius 3 is 2.52 bits per heavy atom. The number of carbonyl (C=O) groups is 2. The van der Waals surface area contributed by atoms with Gasteiger partial charge in [-0.2, -0.15) is 0 Å². The number of hydrogen-bond acceptors (Lipinski definition) is 7. The van der Waals surface area contributed by atoms with Gasteiger partial charge in [0.2, 0.25) is 5.91 Å². The van der Waals surface area contributed by atoms with E-state index in [0.717, 1.165) is 23.2 Å². The fraction of sp³-hybridized carbons (Fsp3) is 0.286. The van der Waals surface area contributed by atoms with Crippen LogP contribution in [0.25, 0.3) is 0 Å². The number of rotatable bonds is 9. The monoisotopic (exact) mass is 569 g/mol. The standard InChI is InChI=1S/C28H28FN3O7S/c29-19-5-3-6-20(15-19)32(40(35,36)22-10-11-25-26(16-22)39-14-13-38-25)18-27(33)31-24-9-2-1-8-23(24)28(34)30-17-21-7-4-12-37-21/h1-3,5-6,8-11,15-16,21H,4,7,12-14,17-18H2,(H,30,34)(H,31,33). The molecule has 2 aliphatic heterocycles. The molecule has 12 heteroatoms. The van der Waals surface area contributed by atoms with Crippen LogP contribution in [0.15, 0.2) is 71.6 Å². The van der Waals surface area contributed by atoms with E-state index in [1.165, 1.54) is 36.4 Å². The van der Waals surface area contributed by atoms with E-state index in [9.17, 15) is 22.4 Å². The minimum Gasteiger partial charge on any atom is -0.486 e. The molecule has 2 heterocycles. The largest absolute Gasteiger partial charge is 0.486 e. The molecule has 0 spiro atoms. The number of hydrogen-bond donors (Lipinski definition) is 2. The number of nitrogens with one attached hydrogen (secondary N) is 2. The second-order valence-electron chi connectivity index (χ2n) is 9.24. The molecule has 0 bridgehead atoms. The maximum absolute atomic E-state index is 14.1. The number of anilines is 2. The third kappa shape index (κ3) is 6.18. The minimum atomic E-state index is -4.36. The smallest absolute Gasteiger partial charge is 0.264 e. The third-order valence-corrected chi connectivity index (χ3v) is 8.21. The van der Waals surface area contributed by atoms with Gasteiger partial charge in [-0.3, -0.25) is 13.9 Å². The van der Waals surface area contributed by atoms with E-state index in [1.807, 2.05) is 0 Å². The fourth-order valence-corrected chi connectivity index (χ4v) is 5.90. The van der Waals surface area contributed by atoms with Crippen molar-refractivity contribution < 1.29 is 36.6 Å². The quantitative estimate of drug-likeness (QED) is 0.405. The Morgan fingerprint density at radius 2 is 1.75 bits per heavy atom. The number of fused-ring (bicyclic) bond motifs is 1. The van der Waals surface area contributed by atoms with Crippen LogP contribution in [-0.2, 0) is 19.6 Å². The maximum atomic E-state index is 14.1. The first-order valence-electron chi connectivity index (χ1n) is 12.8. The lowest BCUT2D eigenvalue weighted by molar-refractivity contribution is -0.114. The molecule has 2 aliphatic rings. The summed E-state index contributed by atoms with van der Waals surface area (Å²) in [7, 11) is -4.36. The molecule has 1 fully saturated rings. The Kier molecular flexibility index (Phi) is 8.17. The number of amides is 2. The summed E-state index contributed by atoms with van der Waals surface area (Å²) < 4.78 is 59.0. The van der Waals surface area contributed by atoms with Crippen LogP contribution in [0.4, 0.5) is 15.8 Å². The summed E-state index contributed by atoms with van der Waals surface area (Å²) in [6.07, 6.45) is 1.73. The zero-order chi connectivity index (χ0) is 28.1. The summed E-state index contributed by atoms with van der Waals surface area (Å²) in [5.74, 6) is -1.16. The third-order valence-electron chi connectivity index (χ3n) is 6.45. The maximum Gasteiger partial charge on any atom is 0.264 e. The van der Waals surface area contributed by atoms with Gasteiger partial charge in [0.05, 0.1) is 27.9 Å². The number of benzene rings is 3. The Bertz CT molecular complexity index is 1510. The van der Waals surface area contributed by atoms with Crippen LogP contribution in [-0.4, -0.2) is 59.2 Å². The molecule has 3 aromatic rings. The Morgan fingerprint density at radius 1 is 0.950 bits per heavy atom. The molecular formula is C28H28FN3O7S. The van der Waals surface area contributed by atoms with Gasteiger partial charge in [-0.1, -0.05) is 18.2 Å². The predicted octanol–water partition coefficient (Wildman–Crippen LogP) is 3.34. The molecule has 2 amide bonds. The molecule has 0 aromatic heterocycles. The van der Waals surface area contributed by atoms with Crippen LogP contribution < -0.4 is 24.4 Å². The molecule has 0 saturated carbocycles. The van der Waals surface area contributed by atoms with Crippen molar-refractivity contribution in [2.75, 3.05) is 42.5 Å². The Balaban J connectivity index is 1.38. The van der Waals surface area contributed by atoms with Crippen LogP contribution >= 0.6 is 0 Å². The highest BCUT2D eigenvalue weighted by molar-refractivity contribution is 7.92. The van der Waals surface area contributed by atoms with Crippen molar-refractivity contribution in [3.63, 3.8) is 0 Å². The predicted molar refractivity (Wildman–Crippen MR) is 145 cm³/mol. The molecule has 10 nitrogen and oxygen atoms in total. The lowest BCUT2D eigenvalue weighted by Gasteiger charge is -2.25. The van der Waals surface area contributed by atoms with E-state index in [0.29, 0.717) is 25.5 Å². The summed E-state index contributed by atoms with van der Waals surface area (Å²) in [4.78, 5) is 25.9. The summed E-state index contributed by atoms with van der Waals surface area (Å²) in [6, 6.07) is 15.4. The van der Waals surface area contributed by atoms with Crippen LogP contribution in [0.2, 0.25) is 0 Å². The molecule has 0 radical (unpaired) electrons.